The second-order valence-corrected chi connectivity index (χ2v) is 36.8. The van der Waals surface area contributed by atoms with E-state index in [0.29, 0.717) is 38.5 Å². The standard InChI is InChI=1S/C37H49N3O4.C33H41N3O4.C30H41NO5/c1-25-22-27(19-20-31(25)28-15-10-9-11-16-28)14-12-17-29(23-32(41)44-37(6,7)8)34(42)40-33(36(3,4)5)35(43)39-26(2)30-18-13-21-38-24-30;1-22-19-24(16-17-28(22)25-12-7-6-8-13-25)11-9-14-26(20-29(37)38)31(39)36-30(33(3,4)5)32(40)35-23(2)27-15-10-18-34-21-27;1-20-18-21(16-17-24(20)22-13-9-8-10-14-22)12-11-15-23(19-25(32)36-30(5,6)7)27(33)31-26(28(34)35)29(2,3)4/h9-11,13,15-16,18-22,24,26,29,33H,12,14,17,23H2,1-8H3,(H,39,43)(H,40,42);6-8,10,12-13,15-19,21,23,26,30H,9,11,14,20H2,1-5H3,(H,35,40)(H,36,39)(H,37,38);8-10,13-14,16-18,23,26H,11-12,15,19H2,1-7H3,(H,31,33)(H,34,35)/t26-,29-,33-;23-,26-,30-;23-,26-/m111/s1. The summed E-state index contributed by atoms with van der Waals surface area (Å²) in [4.78, 5) is 124. The van der Waals surface area contributed by atoms with Crippen LogP contribution in [0.5, 0.6) is 0 Å². The van der Waals surface area contributed by atoms with Crippen LogP contribution in [0, 0.1) is 54.8 Å². The van der Waals surface area contributed by atoms with Gasteiger partial charge in [-0.1, -0.05) is 220 Å². The molecule has 2 heterocycles. The first-order valence-electron chi connectivity index (χ1n) is 41.9. The molecule has 0 fully saturated rings. The van der Waals surface area contributed by atoms with E-state index >= 15 is 0 Å². The van der Waals surface area contributed by atoms with Crippen molar-refractivity contribution >= 4 is 53.4 Å². The average Bonchev–Trinajstić information content (AvgIpc) is 0.803. The number of pyridine rings is 2. The number of aromatic nitrogens is 2. The number of carbonyl (C=O) groups excluding carboxylic acids is 7. The van der Waals surface area contributed by atoms with Gasteiger partial charge in [0.25, 0.3) is 0 Å². The van der Waals surface area contributed by atoms with E-state index < -0.39 is 99.0 Å². The van der Waals surface area contributed by atoms with E-state index in [1.807, 2.05) is 149 Å². The van der Waals surface area contributed by atoms with Gasteiger partial charge in [0.15, 0.2) is 0 Å². The largest absolute Gasteiger partial charge is 0.481 e. The van der Waals surface area contributed by atoms with Gasteiger partial charge in [-0.05, 0) is 240 Å². The lowest BCUT2D eigenvalue weighted by Gasteiger charge is -2.32. The van der Waals surface area contributed by atoms with Crippen molar-refractivity contribution < 1.29 is 62.8 Å². The molecule has 6 aromatic carbocycles. The maximum Gasteiger partial charge on any atom is 0.326 e. The molecule has 20 heteroatoms. The lowest BCUT2D eigenvalue weighted by atomic mass is 9.85. The summed E-state index contributed by atoms with van der Waals surface area (Å²) in [5, 5.41) is 33.6. The molecule has 0 saturated heterocycles. The number of aliphatic carboxylic acids is 2. The Morgan fingerprint density at radius 1 is 0.358 bits per heavy atom. The number of benzene rings is 6. The summed E-state index contributed by atoms with van der Waals surface area (Å²) in [6, 6.07) is 54.0. The van der Waals surface area contributed by atoms with Crippen LogP contribution < -0.4 is 26.6 Å². The van der Waals surface area contributed by atoms with Gasteiger partial charge in [-0.3, -0.25) is 48.3 Å². The van der Waals surface area contributed by atoms with Crippen LogP contribution in [-0.2, 0) is 71.9 Å². The molecule has 0 saturated carbocycles. The molecule has 0 aliphatic carbocycles. The van der Waals surface area contributed by atoms with Gasteiger partial charge in [0.1, 0.15) is 29.3 Å². The molecule has 8 aromatic rings. The van der Waals surface area contributed by atoms with Crippen molar-refractivity contribution in [2.75, 3.05) is 0 Å². The third-order valence-corrected chi connectivity index (χ3v) is 20.7. The lowest BCUT2D eigenvalue weighted by molar-refractivity contribution is -0.158. The molecule has 644 valence electrons. The van der Waals surface area contributed by atoms with Gasteiger partial charge in [0, 0.05) is 42.5 Å². The first-order valence-corrected chi connectivity index (χ1v) is 41.9. The van der Waals surface area contributed by atoms with Crippen molar-refractivity contribution in [1.29, 1.82) is 0 Å². The van der Waals surface area contributed by atoms with Crippen LogP contribution >= 0.6 is 0 Å². The second kappa shape index (κ2) is 45.3. The van der Waals surface area contributed by atoms with Crippen LogP contribution in [0.4, 0.5) is 0 Å². The van der Waals surface area contributed by atoms with Crippen molar-refractivity contribution in [3.8, 4) is 33.4 Å². The molecule has 0 aliphatic rings. The smallest absolute Gasteiger partial charge is 0.326 e. The van der Waals surface area contributed by atoms with Gasteiger partial charge in [-0.15, -0.1) is 0 Å². The molecule has 0 aliphatic heterocycles. The molecular weight excluding hydrogens is 1510 g/mol. The molecule has 8 atom stereocenters. The van der Waals surface area contributed by atoms with E-state index in [1.54, 1.807) is 72.4 Å². The van der Waals surface area contributed by atoms with Crippen LogP contribution in [0.25, 0.3) is 33.4 Å². The van der Waals surface area contributed by atoms with Crippen LogP contribution in [0.15, 0.2) is 195 Å². The number of carboxylic acids is 2. The third kappa shape index (κ3) is 33.2. The molecule has 0 unspecified atom stereocenters. The molecule has 2 aromatic heterocycles. The fraction of sp³-hybridized carbons (Fsp3) is 0.450. The molecule has 7 N–H and O–H groups in total. The highest BCUT2D eigenvalue weighted by Crippen LogP contribution is 2.32. The maximum atomic E-state index is 13.8. The number of amides is 5. The van der Waals surface area contributed by atoms with Gasteiger partial charge < -0.3 is 46.3 Å². The SMILES string of the molecule is Cc1cc(CCC[C@H](CC(=O)O)C(=O)N[C@H](C(=O)N[C@H](C)c2cccnc2)C(C)(C)C)ccc1-c1ccccc1.Cc1cc(CCC[C@H](CC(=O)OC(C)(C)C)C(=O)N[C@H](C(=O)N[C@H](C)c2cccnc2)C(C)(C)C)ccc1-c1ccccc1.Cc1cc(CCC[C@H](CC(=O)OC(C)(C)C)C(=O)N[C@H](C(=O)O)C(C)(C)C)ccc1-c1ccccc1. The van der Waals surface area contributed by atoms with E-state index in [9.17, 15) is 53.4 Å². The monoisotopic (exact) mass is 1640 g/mol. The van der Waals surface area contributed by atoms with Crippen molar-refractivity contribution in [3.63, 3.8) is 0 Å². The topological polar surface area (TPSA) is 298 Å². The van der Waals surface area contributed by atoms with Crippen LogP contribution in [0.1, 0.15) is 232 Å². The molecule has 5 amide bonds. The van der Waals surface area contributed by atoms with E-state index in [4.69, 9.17) is 9.47 Å². The predicted molar refractivity (Wildman–Crippen MR) is 476 cm³/mol. The van der Waals surface area contributed by atoms with Crippen LogP contribution in [-0.4, -0.2) is 103 Å². The minimum absolute atomic E-state index is 0.0559. The summed E-state index contributed by atoms with van der Waals surface area (Å²) in [6.07, 6.45) is 11.9. The lowest BCUT2D eigenvalue weighted by Crippen LogP contribution is -2.55. The summed E-state index contributed by atoms with van der Waals surface area (Å²) in [5.74, 6) is -6.85. The van der Waals surface area contributed by atoms with Crippen molar-refractivity contribution in [2.45, 2.75) is 257 Å². The molecule has 0 spiro atoms. The first-order chi connectivity index (χ1) is 56.3. The van der Waals surface area contributed by atoms with Gasteiger partial charge in [-0.2, -0.15) is 0 Å². The maximum absolute atomic E-state index is 13.8. The zero-order valence-electron chi connectivity index (χ0n) is 74.4. The van der Waals surface area contributed by atoms with Crippen molar-refractivity contribution in [1.82, 2.24) is 36.6 Å². The fourth-order valence-corrected chi connectivity index (χ4v) is 14.3. The second-order valence-electron chi connectivity index (χ2n) is 36.8. The number of hydrogen-bond acceptors (Lipinski definition) is 13. The number of carboxylic acid groups (broad SMARTS) is 2. The first kappa shape index (κ1) is 97.7. The quantitative estimate of drug-likeness (QED) is 0.0184. The Bertz CT molecular complexity index is 4660. The molecule has 0 bridgehead atoms. The number of rotatable bonds is 34. The Kier molecular flexibility index (Phi) is 36.9. The Morgan fingerprint density at radius 3 is 0.900 bits per heavy atom. The zero-order valence-corrected chi connectivity index (χ0v) is 74.4. The van der Waals surface area contributed by atoms with Gasteiger partial charge in [0.05, 0.1) is 31.3 Å². The Hall–Kier alpha value is -11.2. The van der Waals surface area contributed by atoms with Crippen LogP contribution in [0.3, 0.4) is 0 Å². The van der Waals surface area contributed by atoms with Gasteiger partial charge in [-0.25, -0.2) is 4.79 Å². The van der Waals surface area contributed by atoms with E-state index in [0.717, 1.165) is 47.1 Å². The number of nitrogens with one attached hydrogen (secondary N) is 5. The van der Waals surface area contributed by atoms with Gasteiger partial charge in [0.2, 0.25) is 29.5 Å². The fourth-order valence-electron chi connectivity index (χ4n) is 14.3. The summed E-state index contributed by atoms with van der Waals surface area (Å²) in [7, 11) is 0. The van der Waals surface area contributed by atoms with E-state index in [1.165, 1.54) is 50.1 Å². The zero-order chi connectivity index (χ0) is 88.9. The average molecular weight is 1640 g/mol. The van der Waals surface area contributed by atoms with E-state index in [2.05, 4.69) is 148 Å². The van der Waals surface area contributed by atoms with Gasteiger partial charge >= 0.3 is 23.9 Å². The van der Waals surface area contributed by atoms with Crippen LogP contribution in [0.2, 0.25) is 0 Å². The number of carbonyl (C=O) groups is 9. The molecule has 120 heavy (non-hydrogen) atoms. The third-order valence-electron chi connectivity index (χ3n) is 20.7. The molecule has 0 radical (unpaired) electrons. The summed E-state index contributed by atoms with van der Waals surface area (Å²) in [5.41, 5.74) is 12.7. The number of nitrogens with zero attached hydrogens (tertiary/aromatic N) is 2. The minimum atomic E-state index is -1.10. The highest BCUT2D eigenvalue weighted by molar-refractivity contribution is 5.92. The summed E-state index contributed by atoms with van der Waals surface area (Å²) < 4.78 is 11.0. The Labute approximate surface area is 712 Å². The summed E-state index contributed by atoms with van der Waals surface area (Å²) >= 11 is 0. The number of aryl methyl sites for hydroxylation is 6. The van der Waals surface area contributed by atoms with E-state index in [-0.39, 0.29) is 49.1 Å². The molecule has 20 nitrogen and oxygen atoms in total. The minimum Gasteiger partial charge on any atom is -0.481 e. The van der Waals surface area contributed by atoms with Crippen molar-refractivity contribution in [3.05, 3.63) is 239 Å². The summed E-state index contributed by atoms with van der Waals surface area (Å²) in [6.45, 7) is 37.4. The number of ether oxygens (including phenoxy) is 2. The predicted octanol–water partition coefficient (Wildman–Crippen LogP) is 19.0. The highest BCUT2D eigenvalue weighted by atomic mass is 16.6. The Balaban J connectivity index is 0.000000280. The van der Waals surface area contributed by atoms with Crippen molar-refractivity contribution in [2.24, 2.45) is 34.0 Å². The Morgan fingerprint density at radius 2 is 0.650 bits per heavy atom. The highest BCUT2D eigenvalue weighted by Gasteiger charge is 2.39. The molecule has 8 rings (SSSR count). The number of esters is 2. The molecular formula is C100H131N7O13. The normalized spacial score (nSPS) is 13.7. The number of hydrogen-bond donors (Lipinski definition) is 7.